The van der Waals surface area contributed by atoms with E-state index in [-0.39, 0.29) is 17.9 Å². The first kappa shape index (κ1) is 15.2. The van der Waals surface area contributed by atoms with E-state index in [1.807, 2.05) is 0 Å². The molecule has 1 fully saturated rings. The van der Waals surface area contributed by atoms with Crippen molar-refractivity contribution in [2.24, 2.45) is 5.92 Å². The van der Waals surface area contributed by atoms with Crippen molar-refractivity contribution in [3.8, 4) is 0 Å². The minimum Gasteiger partial charge on any atom is -0.377 e. The summed E-state index contributed by atoms with van der Waals surface area (Å²) in [6, 6.07) is 0. The highest BCUT2D eigenvalue weighted by Crippen LogP contribution is 2.23. The van der Waals surface area contributed by atoms with Gasteiger partial charge in [0.05, 0.1) is 12.0 Å². The number of carbonyl (C=O) groups excluding carboxylic acids is 1. The lowest BCUT2D eigenvalue weighted by Gasteiger charge is -2.16. The van der Waals surface area contributed by atoms with Crippen LogP contribution in [0.3, 0.4) is 0 Å². The predicted octanol–water partition coefficient (Wildman–Crippen LogP) is 2.91. The zero-order valence-corrected chi connectivity index (χ0v) is 12.9. The average Bonchev–Trinajstić information content (AvgIpc) is 2.81. The molecule has 2 unspecified atom stereocenters. The van der Waals surface area contributed by atoms with Gasteiger partial charge in [0.1, 0.15) is 0 Å². The van der Waals surface area contributed by atoms with Gasteiger partial charge in [0, 0.05) is 13.2 Å². The normalized spacial score (nSPS) is 23.9. The molecular formula is C13H24INO2. The average molecular weight is 353 g/mol. The highest BCUT2D eigenvalue weighted by Gasteiger charge is 2.32. The molecule has 4 heteroatoms. The third-order valence-electron chi connectivity index (χ3n) is 3.31. The lowest BCUT2D eigenvalue weighted by Crippen LogP contribution is -2.35. The number of unbranched alkanes of at least 4 members (excludes halogenated alkanes) is 3. The van der Waals surface area contributed by atoms with Crippen LogP contribution in [0.4, 0.5) is 0 Å². The van der Waals surface area contributed by atoms with Gasteiger partial charge in [-0.1, -0.05) is 42.4 Å². The number of ether oxygens (including phenoxy) is 1. The fraction of sp³-hybridized carbons (Fsp3) is 0.923. The molecule has 0 radical (unpaired) electrons. The van der Waals surface area contributed by atoms with E-state index in [4.69, 9.17) is 4.74 Å². The summed E-state index contributed by atoms with van der Waals surface area (Å²) in [5.74, 6) is 0.289. The van der Waals surface area contributed by atoms with Gasteiger partial charge < -0.3 is 10.1 Å². The zero-order valence-electron chi connectivity index (χ0n) is 10.7. The van der Waals surface area contributed by atoms with E-state index < -0.39 is 0 Å². The molecule has 0 spiro atoms. The second kappa shape index (κ2) is 9.14. The summed E-state index contributed by atoms with van der Waals surface area (Å²) < 4.78 is 6.77. The minimum atomic E-state index is 0.0920. The number of nitrogens with one attached hydrogen (secondary N) is 1. The van der Waals surface area contributed by atoms with Gasteiger partial charge in [0.2, 0.25) is 5.91 Å². The molecule has 1 heterocycles. The third-order valence-corrected chi connectivity index (χ3v) is 4.07. The van der Waals surface area contributed by atoms with Gasteiger partial charge in [0.25, 0.3) is 0 Å². The molecule has 0 saturated carbocycles. The smallest absolute Gasteiger partial charge is 0.225 e. The molecule has 3 nitrogen and oxygen atoms in total. The minimum absolute atomic E-state index is 0.0920. The molecule has 0 aliphatic carbocycles. The Hall–Kier alpha value is 0.160. The predicted molar refractivity (Wildman–Crippen MR) is 78.5 cm³/mol. The monoisotopic (exact) mass is 353 g/mol. The van der Waals surface area contributed by atoms with Gasteiger partial charge in [-0.15, -0.1) is 0 Å². The number of hydrogen-bond acceptors (Lipinski definition) is 2. The van der Waals surface area contributed by atoms with Gasteiger partial charge in [-0.25, -0.2) is 0 Å². The van der Waals surface area contributed by atoms with Crippen molar-refractivity contribution >= 4 is 28.5 Å². The molecule has 0 bridgehead atoms. The van der Waals surface area contributed by atoms with E-state index >= 15 is 0 Å². The van der Waals surface area contributed by atoms with Crippen LogP contribution in [0, 0.1) is 5.92 Å². The first-order valence-electron chi connectivity index (χ1n) is 6.74. The largest absolute Gasteiger partial charge is 0.377 e. The van der Waals surface area contributed by atoms with Crippen LogP contribution in [0.15, 0.2) is 0 Å². The lowest BCUT2D eigenvalue weighted by molar-refractivity contribution is -0.126. The Kier molecular flexibility index (Phi) is 8.18. The Labute approximate surface area is 118 Å². The standard InChI is InChI=1S/C13H24INO2/c1-2-12-11(7-10-17-12)13(16)15-9-6-4-3-5-8-14/h11-12H,2-10H2,1H3,(H,15,16). The molecule has 2 atom stereocenters. The third kappa shape index (κ3) is 5.55. The summed E-state index contributed by atoms with van der Waals surface area (Å²) in [5.41, 5.74) is 0. The van der Waals surface area contributed by atoms with Crippen LogP contribution in [0.2, 0.25) is 0 Å². The molecule has 0 aromatic carbocycles. The van der Waals surface area contributed by atoms with Gasteiger partial charge in [-0.05, 0) is 30.1 Å². The van der Waals surface area contributed by atoms with E-state index in [9.17, 15) is 4.79 Å². The molecule has 1 aliphatic heterocycles. The highest BCUT2D eigenvalue weighted by molar-refractivity contribution is 14.1. The Bertz CT molecular complexity index is 223. The first-order chi connectivity index (χ1) is 8.29. The Morgan fingerprint density at radius 3 is 2.82 bits per heavy atom. The number of halogens is 1. The molecule has 1 amide bonds. The van der Waals surface area contributed by atoms with Crippen molar-refractivity contribution in [2.45, 2.75) is 51.6 Å². The molecule has 1 N–H and O–H groups in total. The maximum Gasteiger partial charge on any atom is 0.225 e. The fourth-order valence-corrected chi connectivity index (χ4v) is 2.81. The topological polar surface area (TPSA) is 38.3 Å². The molecule has 1 aliphatic rings. The van der Waals surface area contributed by atoms with Crippen molar-refractivity contribution in [2.75, 3.05) is 17.6 Å². The summed E-state index contributed by atoms with van der Waals surface area (Å²) in [5, 5.41) is 3.05. The molecule has 0 aromatic heterocycles. The quantitative estimate of drug-likeness (QED) is 0.414. The van der Waals surface area contributed by atoms with Gasteiger partial charge in [0.15, 0.2) is 0 Å². The number of alkyl halides is 1. The second-order valence-corrected chi connectivity index (χ2v) is 5.69. The Morgan fingerprint density at radius 2 is 2.12 bits per heavy atom. The van der Waals surface area contributed by atoms with Crippen LogP contribution < -0.4 is 5.32 Å². The summed E-state index contributed by atoms with van der Waals surface area (Å²) >= 11 is 2.41. The van der Waals surface area contributed by atoms with Crippen molar-refractivity contribution in [3.63, 3.8) is 0 Å². The number of amides is 1. The lowest BCUT2D eigenvalue weighted by atomic mass is 9.98. The number of hydrogen-bond donors (Lipinski definition) is 1. The molecular weight excluding hydrogens is 329 g/mol. The van der Waals surface area contributed by atoms with Gasteiger partial charge in [-0.2, -0.15) is 0 Å². The van der Waals surface area contributed by atoms with Crippen LogP contribution in [-0.4, -0.2) is 29.6 Å². The van der Waals surface area contributed by atoms with Crippen LogP contribution in [-0.2, 0) is 9.53 Å². The molecule has 1 rings (SSSR count). The van der Waals surface area contributed by atoms with Crippen LogP contribution >= 0.6 is 22.6 Å². The fourth-order valence-electron chi connectivity index (χ4n) is 2.27. The van der Waals surface area contributed by atoms with Crippen LogP contribution in [0.5, 0.6) is 0 Å². The molecule has 0 aromatic rings. The van der Waals surface area contributed by atoms with Crippen molar-refractivity contribution < 1.29 is 9.53 Å². The van der Waals surface area contributed by atoms with Crippen molar-refractivity contribution in [1.82, 2.24) is 5.32 Å². The van der Waals surface area contributed by atoms with Crippen molar-refractivity contribution in [3.05, 3.63) is 0 Å². The van der Waals surface area contributed by atoms with E-state index in [1.54, 1.807) is 0 Å². The van der Waals surface area contributed by atoms with E-state index in [0.717, 1.165) is 32.4 Å². The van der Waals surface area contributed by atoms with Gasteiger partial charge in [-0.3, -0.25) is 4.79 Å². The van der Waals surface area contributed by atoms with E-state index in [0.29, 0.717) is 0 Å². The molecule has 100 valence electrons. The number of rotatable bonds is 8. The maximum atomic E-state index is 11.9. The molecule has 1 saturated heterocycles. The summed E-state index contributed by atoms with van der Waals surface area (Å²) in [4.78, 5) is 11.9. The SMILES string of the molecule is CCC1OCCC1C(=O)NCCCCCCI. The maximum absolute atomic E-state index is 11.9. The highest BCUT2D eigenvalue weighted by atomic mass is 127. The summed E-state index contributed by atoms with van der Waals surface area (Å²) in [6.45, 7) is 3.65. The second-order valence-electron chi connectivity index (χ2n) is 4.61. The number of carbonyl (C=O) groups is 1. The van der Waals surface area contributed by atoms with Crippen molar-refractivity contribution in [1.29, 1.82) is 0 Å². The summed E-state index contributed by atoms with van der Waals surface area (Å²) in [7, 11) is 0. The first-order valence-corrected chi connectivity index (χ1v) is 8.27. The van der Waals surface area contributed by atoms with E-state index in [1.165, 1.54) is 23.7 Å². The van der Waals surface area contributed by atoms with Crippen LogP contribution in [0.1, 0.15) is 45.4 Å². The zero-order chi connectivity index (χ0) is 12.5. The molecule has 17 heavy (non-hydrogen) atoms. The Morgan fingerprint density at radius 1 is 1.35 bits per heavy atom. The Balaban J connectivity index is 2.08. The summed E-state index contributed by atoms with van der Waals surface area (Å²) in [6.07, 6.45) is 6.88. The van der Waals surface area contributed by atoms with E-state index in [2.05, 4.69) is 34.8 Å². The van der Waals surface area contributed by atoms with Gasteiger partial charge >= 0.3 is 0 Å². The van der Waals surface area contributed by atoms with Crippen LogP contribution in [0.25, 0.3) is 0 Å².